The van der Waals surface area contributed by atoms with Crippen LogP contribution in [0.3, 0.4) is 0 Å². The van der Waals surface area contributed by atoms with Crippen molar-refractivity contribution in [1.82, 2.24) is 19.9 Å². The van der Waals surface area contributed by atoms with Gasteiger partial charge >= 0.3 is 0 Å². The van der Waals surface area contributed by atoms with Crippen molar-refractivity contribution >= 4 is 45.6 Å². The van der Waals surface area contributed by atoms with E-state index in [-0.39, 0.29) is 5.91 Å². The summed E-state index contributed by atoms with van der Waals surface area (Å²) in [6.45, 7) is 1.90. The first-order valence-electron chi connectivity index (χ1n) is 13.2. The topological polar surface area (TPSA) is 92.7 Å². The number of hydrogen-bond acceptors (Lipinski definition) is 8. The lowest BCUT2D eigenvalue weighted by Gasteiger charge is -2.30. The number of fused-ring (bicyclic) bond motifs is 3. The van der Waals surface area contributed by atoms with Crippen molar-refractivity contribution in [2.45, 2.75) is 25.5 Å². The second kappa shape index (κ2) is 11.5. The summed E-state index contributed by atoms with van der Waals surface area (Å²) in [5.41, 5.74) is 2.93. The van der Waals surface area contributed by atoms with Gasteiger partial charge in [0.05, 0.1) is 33.9 Å². The van der Waals surface area contributed by atoms with E-state index >= 15 is 0 Å². The Morgan fingerprint density at radius 1 is 1.20 bits per heavy atom. The van der Waals surface area contributed by atoms with Gasteiger partial charge in [-0.2, -0.15) is 0 Å². The summed E-state index contributed by atoms with van der Waals surface area (Å²) in [7, 11) is 2.09. The molecule has 0 saturated heterocycles. The van der Waals surface area contributed by atoms with Crippen LogP contribution < -0.4 is 19.7 Å². The van der Waals surface area contributed by atoms with Crippen molar-refractivity contribution in [1.29, 1.82) is 0 Å². The van der Waals surface area contributed by atoms with Crippen molar-refractivity contribution in [3.05, 3.63) is 83.9 Å². The standard InChI is InChI=1S/C30H29ClN6O3/c1-36(22-8-9-22)14-4-6-27(38)37-15-16-39-29-25(37)11-10-24-28(29)30(34-19-33-24)35-20-7-12-26(23(31)17-20)40-18-21-5-2-3-13-32-21/h2-7,10-13,17,19,22H,8-9,14-16,18H2,1H3,(H,33,34,35)/b6-4+. The molecule has 3 heterocycles. The Bertz CT molecular complexity index is 1560. The van der Waals surface area contributed by atoms with E-state index < -0.39 is 0 Å². The van der Waals surface area contributed by atoms with Crippen LogP contribution in [0.2, 0.25) is 5.02 Å². The molecular weight excluding hydrogens is 528 g/mol. The van der Waals surface area contributed by atoms with E-state index in [9.17, 15) is 4.79 Å². The Hall–Kier alpha value is -4.21. The van der Waals surface area contributed by atoms with E-state index in [1.54, 1.807) is 29.3 Å². The van der Waals surface area contributed by atoms with E-state index in [1.807, 2.05) is 42.5 Å². The third kappa shape index (κ3) is 5.71. The Kier molecular flexibility index (Phi) is 7.48. The summed E-state index contributed by atoms with van der Waals surface area (Å²) >= 11 is 6.53. The fourth-order valence-electron chi connectivity index (χ4n) is 4.69. The number of likely N-dealkylation sites (N-methyl/N-ethyl adjacent to an activating group) is 1. The van der Waals surface area contributed by atoms with Gasteiger partial charge in [0, 0.05) is 30.5 Å². The molecule has 40 heavy (non-hydrogen) atoms. The highest BCUT2D eigenvalue weighted by Crippen LogP contribution is 2.42. The Labute approximate surface area is 237 Å². The highest BCUT2D eigenvalue weighted by Gasteiger charge is 2.27. The minimum Gasteiger partial charge on any atom is -0.489 e. The summed E-state index contributed by atoms with van der Waals surface area (Å²) in [5, 5.41) is 4.49. The number of hydrogen-bond donors (Lipinski definition) is 1. The van der Waals surface area contributed by atoms with Gasteiger partial charge in [0.15, 0.2) is 5.75 Å². The maximum Gasteiger partial charge on any atom is 0.250 e. The number of halogens is 1. The minimum absolute atomic E-state index is 0.0764. The van der Waals surface area contributed by atoms with E-state index in [0.29, 0.717) is 64.7 Å². The van der Waals surface area contributed by atoms with E-state index in [1.165, 1.54) is 19.2 Å². The zero-order valence-corrected chi connectivity index (χ0v) is 22.8. The zero-order chi connectivity index (χ0) is 27.5. The van der Waals surface area contributed by atoms with Crippen LogP contribution in [0.4, 0.5) is 17.2 Å². The van der Waals surface area contributed by atoms with Crippen LogP contribution >= 0.6 is 11.6 Å². The maximum atomic E-state index is 13.1. The predicted molar refractivity (Wildman–Crippen MR) is 155 cm³/mol. The van der Waals surface area contributed by atoms with Crippen molar-refractivity contribution < 1.29 is 14.3 Å². The Morgan fingerprint density at radius 3 is 2.90 bits per heavy atom. The van der Waals surface area contributed by atoms with Crippen molar-refractivity contribution in [2.24, 2.45) is 0 Å². The lowest BCUT2D eigenvalue weighted by molar-refractivity contribution is -0.114. The second-order valence-electron chi connectivity index (χ2n) is 9.82. The molecule has 9 nitrogen and oxygen atoms in total. The average Bonchev–Trinajstić information content (AvgIpc) is 3.83. The van der Waals surface area contributed by atoms with Gasteiger partial charge in [-0.1, -0.05) is 23.7 Å². The number of aromatic nitrogens is 3. The number of amides is 1. The number of pyridine rings is 1. The summed E-state index contributed by atoms with van der Waals surface area (Å²) < 4.78 is 11.9. The van der Waals surface area contributed by atoms with Gasteiger partial charge < -0.3 is 19.7 Å². The molecule has 4 aromatic rings. The SMILES string of the molecule is CN(C/C=C/C(=O)N1CCOc2c1ccc1ncnc(Nc3ccc(OCc4ccccn4)c(Cl)c3)c21)C1CC1. The van der Waals surface area contributed by atoms with Crippen LogP contribution in [0.25, 0.3) is 10.9 Å². The molecule has 1 saturated carbocycles. The third-order valence-electron chi connectivity index (χ3n) is 6.97. The summed E-state index contributed by atoms with van der Waals surface area (Å²) in [4.78, 5) is 30.3. The molecule has 0 unspecified atom stereocenters. The first-order valence-corrected chi connectivity index (χ1v) is 13.6. The zero-order valence-electron chi connectivity index (χ0n) is 22.1. The molecule has 2 aromatic carbocycles. The molecule has 204 valence electrons. The number of carbonyl (C=O) groups is 1. The van der Waals surface area contributed by atoms with Gasteiger partial charge in [0.2, 0.25) is 0 Å². The lowest BCUT2D eigenvalue weighted by atomic mass is 10.1. The smallest absolute Gasteiger partial charge is 0.250 e. The molecule has 0 atom stereocenters. The largest absolute Gasteiger partial charge is 0.489 e. The maximum absolute atomic E-state index is 13.1. The van der Waals surface area contributed by atoms with Gasteiger partial charge in [-0.25, -0.2) is 9.97 Å². The van der Waals surface area contributed by atoms with Crippen LogP contribution in [0.5, 0.6) is 11.5 Å². The molecule has 1 N–H and O–H groups in total. The number of anilines is 3. The first kappa shape index (κ1) is 26.0. The molecular formula is C30H29ClN6O3. The summed E-state index contributed by atoms with van der Waals surface area (Å²) in [5.74, 6) is 1.60. The van der Waals surface area contributed by atoms with Gasteiger partial charge in [-0.15, -0.1) is 0 Å². The van der Waals surface area contributed by atoms with Crippen LogP contribution in [0.15, 0.2) is 73.2 Å². The van der Waals surface area contributed by atoms with Crippen LogP contribution in [-0.4, -0.2) is 58.5 Å². The fourth-order valence-corrected chi connectivity index (χ4v) is 4.93. The second-order valence-corrected chi connectivity index (χ2v) is 10.2. The molecule has 0 radical (unpaired) electrons. The number of ether oxygens (including phenoxy) is 2. The van der Waals surface area contributed by atoms with Crippen molar-refractivity contribution in [3.8, 4) is 11.5 Å². The molecule has 2 aliphatic rings. The highest BCUT2D eigenvalue weighted by atomic mass is 35.5. The molecule has 1 amide bonds. The first-order chi connectivity index (χ1) is 19.6. The van der Waals surface area contributed by atoms with Gasteiger partial charge in [0.1, 0.15) is 31.1 Å². The summed E-state index contributed by atoms with van der Waals surface area (Å²) in [6.07, 6.45) is 9.27. The van der Waals surface area contributed by atoms with Crippen molar-refractivity contribution in [2.75, 3.05) is 37.0 Å². The van der Waals surface area contributed by atoms with Crippen LogP contribution in [-0.2, 0) is 11.4 Å². The molecule has 1 aliphatic heterocycles. The van der Waals surface area contributed by atoms with E-state index in [2.05, 4.69) is 32.2 Å². The number of benzene rings is 2. The fraction of sp³-hybridized carbons (Fsp3) is 0.267. The Morgan fingerprint density at radius 2 is 2.10 bits per heavy atom. The molecule has 0 bridgehead atoms. The molecule has 6 rings (SSSR count). The molecule has 10 heteroatoms. The Balaban J connectivity index is 1.22. The molecule has 2 aromatic heterocycles. The number of carbonyl (C=O) groups excluding carboxylic acids is 1. The number of nitrogens with one attached hydrogen (secondary N) is 1. The summed E-state index contributed by atoms with van der Waals surface area (Å²) in [6, 6.07) is 15.5. The van der Waals surface area contributed by atoms with E-state index in [4.69, 9.17) is 21.1 Å². The van der Waals surface area contributed by atoms with E-state index in [0.717, 1.165) is 17.9 Å². The van der Waals surface area contributed by atoms with Gasteiger partial charge in [-0.05, 0) is 62.4 Å². The lowest BCUT2D eigenvalue weighted by Crippen LogP contribution is -2.37. The monoisotopic (exact) mass is 556 g/mol. The normalized spacial score (nSPS) is 14.8. The third-order valence-corrected chi connectivity index (χ3v) is 7.27. The predicted octanol–water partition coefficient (Wildman–Crippen LogP) is 5.38. The molecule has 0 spiro atoms. The van der Waals surface area contributed by atoms with Gasteiger partial charge in [0.25, 0.3) is 5.91 Å². The van der Waals surface area contributed by atoms with Gasteiger partial charge in [-0.3, -0.25) is 14.7 Å². The van der Waals surface area contributed by atoms with Crippen LogP contribution in [0, 0.1) is 0 Å². The quantitative estimate of drug-likeness (QED) is 0.275. The minimum atomic E-state index is -0.0764. The van der Waals surface area contributed by atoms with Crippen LogP contribution in [0.1, 0.15) is 18.5 Å². The highest BCUT2D eigenvalue weighted by molar-refractivity contribution is 6.32. The molecule has 1 aliphatic carbocycles. The number of rotatable bonds is 9. The average molecular weight is 557 g/mol. The molecule has 1 fully saturated rings. The van der Waals surface area contributed by atoms with Crippen molar-refractivity contribution in [3.63, 3.8) is 0 Å². The number of nitrogens with zero attached hydrogens (tertiary/aromatic N) is 5.